The maximum atomic E-state index is 12.7. The molecule has 1 aliphatic heterocycles. The van der Waals surface area contributed by atoms with E-state index in [0.29, 0.717) is 15.7 Å². The van der Waals surface area contributed by atoms with Gasteiger partial charge in [0.25, 0.3) is 10.0 Å². The maximum absolute atomic E-state index is 12.7. The Morgan fingerprint density at radius 3 is 2.73 bits per heavy atom. The summed E-state index contributed by atoms with van der Waals surface area (Å²) in [7, 11) is -3.64. The summed E-state index contributed by atoms with van der Waals surface area (Å²) in [5.41, 5.74) is 1.73. The fourth-order valence-electron chi connectivity index (χ4n) is 2.76. The van der Waals surface area contributed by atoms with E-state index in [1.165, 1.54) is 16.6 Å². The zero-order valence-electron chi connectivity index (χ0n) is 13.8. The first kappa shape index (κ1) is 16.8. The van der Waals surface area contributed by atoms with Crippen molar-refractivity contribution in [2.24, 2.45) is 0 Å². The summed E-state index contributed by atoms with van der Waals surface area (Å²) in [6.07, 6.45) is 1.46. The van der Waals surface area contributed by atoms with E-state index in [4.69, 9.17) is 16.3 Å². The van der Waals surface area contributed by atoms with Crippen molar-refractivity contribution in [3.05, 3.63) is 70.9 Å². The first-order chi connectivity index (χ1) is 12.4. The molecular weight excluding hydrogens is 374 g/mol. The fraction of sp³-hybridized carbons (Fsp3) is 0.111. The second-order valence-electron chi connectivity index (χ2n) is 5.85. The predicted octanol–water partition coefficient (Wildman–Crippen LogP) is 3.94. The SMILES string of the molecule is Cc1ccc(Oc2nccc(N3Cc4ccccc4S3(=O)=O)n2)c(Cl)c1. The lowest BCUT2D eigenvalue weighted by molar-refractivity contribution is 0.442. The minimum atomic E-state index is -3.64. The molecule has 0 bridgehead atoms. The van der Waals surface area contributed by atoms with Gasteiger partial charge in [-0.05, 0) is 36.2 Å². The van der Waals surface area contributed by atoms with Crippen LogP contribution >= 0.6 is 11.6 Å². The molecule has 3 aromatic rings. The molecule has 0 aliphatic carbocycles. The van der Waals surface area contributed by atoms with Gasteiger partial charge in [-0.2, -0.15) is 4.98 Å². The van der Waals surface area contributed by atoms with Gasteiger partial charge in [0.2, 0.25) is 0 Å². The highest BCUT2D eigenvalue weighted by Gasteiger charge is 2.35. The van der Waals surface area contributed by atoms with E-state index in [2.05, 4.69) is 9.97 Å². The third-order valence-electron chi connectivity index (χ3n) is 4.02. The van der Waals surface area contributed by atoms with Crippen LogP contribution in [0.3, 0.4) is 0 Å². The van der Waals surface area contributed by atoms with Crippen molar-refractivity contribution in [1.82, 2.24) is 9.97 Å². The van der Waals surface area contributed by atoms with Gasteiger partial charge in [0.15, 0.2) is 0 Å². The van der Waals surface area contributed by atoms with Crippen molar-refractivity contribution in [3.8, 4) is 11.8 Å². The van der Waals surface area contributed by atoms with E-state index in [-0.39, 0.29) is 18.4 Å². The third-order valence-corrected chi connectivity index (χ3v) is 6.16. The number of sulfonamides is 1. The molecule has 0 radical (unpaired) electrons. The molecule has 2 heterocycles. The highest BCUT2D eigenvalue weighted by Crippen LogP contribution is 2.34. The number of fused-ring (bicyclic) bond motifs is 1. The molecule has 1 aliphatic rings. The van der Waals surface area contributed by atoms with E-state index >= 15 is 0 Å². The van der Waals surface area contributed by atoms with Crippen LogP contribution in [0.25, 0.3) is 0 Å². The van der Waals surface area contributed by atoms with Crippen molar-refractivity contribution in [1.29, 1.82) is 0 Å². The van der Waals surface area contributed by atoms with Gasteiger partial charge < -0.3 is 4.74 Å². The molecule has 0 saturated carbocycles. The summed E-state index contributed by atoms with van der Waals surface area (Å²) < 4.78 is 32.4. The normalized spacial score (nSPS) is 14.9. The second kappa shape index (κ2) is 6.26. The number of aryl methyl sites for hydroxylation is 1. The van der Waals surface area contributed by atoms with Gasteiger partial charge in [-0.1, -0.05) is 35.9 Å². The van der Waals surface area contributed by atoms with Gasteiger partial charge in [0.05, 0.1) is 16.5 Å². The Kier molecular flexibility index (Phi) is 4.05. The second-order valence-corrected chi connectivity index (χ2v) is 8.09. The van der Waals surface area contributed by atoms with E-state index in [1.807, 2.05) is 19.1 Å². The summed E-state index contributed by atoms with van der Waals surface area (Å²) >= 11 is 6.17. The van der Waals surface area contributed by atoms with Crippen LogP contribution in [0.5, 0.6) is 11.8 Å². The van der Waals surface area contributed by atoms with Crippen LogP contribution in [-0.2, 0) is 16.6 Å². The highest BCUT2D eigenvalue weighted by atomic mass is 35.5. The molecule has 0 N–H and O–H groups in total. The Morgan fingerprint density at radius 2 is 1.96 bits per heavy atom. The number of aromatic nitrogens is 2. The summed E-state index contributed by atoms with van der Waals surface area (Å²) in [6, 6.07) is 13.8. The third kappa shape index (κ3) is 2.89. The van der Waals surface area contributed by atoms with Crippen molar-refractivity contribution >= 4 is 27.4 Å². The molecule has 0 unspecified atom stereocenters. The van der Waals surface area contributed by atoms with Crippen molar-refractivity contribution in [3.63, 3.8) is 0 Å². The van der Waals surface area contributed by atoms with Crippen LogP contribution in [0.2, 0.25) is 5.02 Å². The van der Waals surface area contributed by atoms with Crippen molar-refractivity contribution < 1.29 is 13.2 Å². The minimum absolute atomic E-state index is 0.0272. The molecule has 2 aromatic carbocycles. The molecule has 4 rings (SSSR count). The van der Waals surface area contributed by atoms with E-state index in [0.717, 1.165) is 11.1 Å². The first-order valence-corrected chi connectivity index (χ1v) is 9.65. The Morgan fingerprint density at radius 1 is 1.15 bits per heavy atom. The van der Waals surface area contributed by atoms with Crippen LogP contribution in [0, 0.1) is 6.92 Å². The summed E-state index contributed by atoms with van der Waals surface area (Å²) in [5.74, 6) is 0.649. The summed E-state index contributed by atoms with van der Waals surface area (Å²) in [6.45, 7) is 2.14. The van der Waals surface area contributed by atoms with Gasteiger partial charge in [-0.25, -0.2) is 17.7 Å². The molecule has 0 saturated heterocycles. The number of ether oxygens (including phenoxy) is 1. The number of benzene rings is 2. The lowest BCUT2D eigenvalue weighted by Gasteiger charge is -2.16. The topological polar surface area (TPSA) is 72.4 Å². The molecule has 0 atom stereocenters. The van der Waals surface area contributed by atoms with Crippen LogP contribution in [0.4, 0.5) is 5.82 Å². The Labute approximate surface area is 156 Å². The van der Waals surface area contributed by atoms with Gasteiger partial charge in [-0.3, -0.25) is 0 Å². The lowest BCUT2D eigenvalue weighted by Crippen LogP contribution is -2.24. The molecule has 0 fully saturated rings. The maximum Gasteiger partial charge on any atom is 0.323 e. The molecule has 8 heteroatoms. The monoisotopic (exact) mass is 387 g/mol. The first-order valence-electron chi connectivity index (χ1n) is 7.83. The minimum Gasteiger partial charge on any atom is -0.423 e. The molecule has 1 aromatic heterocycles. The number of rotatable bonds is 3. The highest BCUT2D eigenvalue weighted by molar-refractivity contribution is 7.93. The van der Waals surface area contributed by atoms with Gasteiger partial charge in [0.1, 0.15) is 11.6 Å². The Hall–Kier alpha value is -2.64. The van der Waals surface area contributed by atoms with Crippen LogP contribution < -0.4 is 9.04 Å². The van der Waals surface area contributed by atoms with E-state index < -0.39 is 10.0 Å². The molecular formula is C18H14ClN3O3S. The quantitative estimate of drug-likeness (QED) is 0.680. The smallest absolute Gasteiger partial charge is 0.323 e. The van der Waals surface area contributed by atoms with Crippen LogP contribution in [-0.4, -0.2) is 18.4 Å². The molecule has 0 spiro atoms. The van der Waals surface area contributed by atoms with E-state index in [9.17, 15) is 8.42 Å². The average Bonchev–Trinajstić information content (AvgIpc) is 2.89. The number of hydrogen-bond acceptors (Lipinski definition) is 5. The molecule has 26 heavy (non-hydrogen) atoms. The molecule has 132 valence electrons. The average molecular weight is 388 g/mol. The van der Waals surface area contributed by atoms with Gasteiger partial charge in [-0.15, -0.1) is 0 Å². The zero-order chi connectivity index (χ0) is 18.3. The number of hydrogen-bond donors (Lipinski definition) is 0. The standard InChI is InChI=1S/C18H14ClN3O3S/c1-12-6-7-15(14(19)10-12)25-18-20-9-8-17(21-18)22-11-13-4-2-3-5-16(13)26(22,23)24/h2-10H,11H2,1H3. The predicted molar refractivity (Wildman–Crippen MR) is 98.1 cm³/mol. The van der Waals surface area contributed by atoms with Crippen molar-refractivity contribution in [2.45, 2.75) is 18.4 Å². The number of nitrogens with zero attached hydrogens (tertiary/aromatic N) is 3. The largest absolute Gasteiger partial charge is 0.423 e. The number of anilines is 1. The van der Waals surface area contributed by atoms with Gasteiger partial charge in [0, 0.05) is 12.3 Å². The van der Waals surface area contributed by atoms with E-state index in [1.54, 1.807) is 30.3 Å². The fourth-order valence-corrected chi connectivity index (χ4v) is 4.64. The summed E-state index contributed by atoms with van der Waals surface area (Å²) in [5, 5.41) is 0.431. The molecule has 6 nitrogen and oxygen atoms in total. The summed E-state index contributed by atoms with van der Waals surface area (Å²) in [4.78, 5) is 8.59. The van der Waals surface area contributed by atoms with Crippen molar-refractivity contribution in [2.75, 3.05) is 4.31 Å². The Balaban J connectivity index is 1.67. The van der Waals surface area contributed by atoms with Crippen LogP contribution in [0.1, 0.15) is 11.1 Å². The number of halogens is 1. The molecule has 0 amide bonds. The van der Waals surface area contributed by atoms with Gasteiger partial charge >= 0.3 is 6.01 Å². The van der Waals surface area contributed by atoms with Crippen LogP contribution in [0.15, 0.2) is 59.6 Å². The lowest BCUT2D eigenvalue weighted by atomic mass is 10.2. The zero-order valence-corrected chi connectivity index (χ0v) is 15.3. The Bertz CT molecular complexity index is 1100.